The van der Waals surface area contributed by atoms with Gasteiger partial charge in [0.1, 0.15) is 12.6 Å². The monoisotopic (exact) mass is 555 g/mol. The number of hydrogen-bond donors (Lipinski definition) is 0. The van der Waals surface area contributed by atoms with Crippen molar-refractivity contribution in [3.05, 3.63) is 12.2 Å². The molecule has 2 unspecified atom stereocenters. The molecule has 0 aromatic rings. The van der Waals surface area contributed by atoms with Crippen LogP contribution in [0.2, 0.25) is 0 Å². The minimum Gasteiger partial charge on any atom is -0.544 e. The Morgan fingerprint density at radius 1 is 0.744 bits per heavy atom. The van der Waals surface area contributed by atoms with Crippen molar-refractivity contribution < 1.29 is 38.2 Å². The van der Waals surface area contributed by atoms with Crippen molar-refractivity contribution in [3.63, 3.8) is 0 Å². The molecule has 0 aliphatic rings. The standard InChI is InChI=1S/C31H57NO7/c1-6-8-10-12-14-16-18-20-22-30(34)39-27(25-37-24-23-28(31(35)36)32(3,4)5)26-38-29(33)21-19-17-15-13-11-9-7-2/h16,18,27-28H,6-15,17,19-26H2,1-5H3/b18-16+. The largest absolute Gasteiger partial charge is 0.544 e. The maximum Gasteiger partial charge on any atom is 0.306 e. The molecule has 0 amide bonds. The lowest BCUT2D eigenvalue weighted by Crippen LogP contribution is -2.55. The second kappa shape index (κ2) is 23.9. The van der Waals surface area contributed by atoms with Crippen LogP contribution in [0.4, 0.5) is 0 Å². The zero-order valence-corrected chi connectivity index (χ0v) is 25.5. The Morgan fingerprint density at radius 2 is 1.33 bits per heavy atom. The Kier molecular flexibility index (Phi) is 22.7. The molecule has 0 aromatic heterocycles. The van der Waals surface area contributed by atoms with E-state index in [9.17, 15) is 19.5 Å². The average Bonchev–Trinajstić information content (AvgIpc) is 2.86. The van der Waals surface area contributed by atoms with Gasteiger partial charge in [0.25, 0.3) is 0 Å². The van der Waals surface area contributed by atoms with Gasteiger partial charge in [-0.3, -0.25) is 9.59 Å². The number of carbonyl (C=O) groups excluding carboxylic acids is 3. The molecule has 39 heavy (non-hydrogen) atoms. The SMILES string of the molecule is CCCCCC/C=C/CCC(=O)OC(COCCC(C(=O)[O-])[N+](C)(C)C)COC(=O)CCCCCCCCC. The van der Waals surface area contributed by atoms with E-state index in [-0.39, 0.29) is 49.1 Å². The van der Waals surface area contributed by atoms with Crippen molar-refractivity contribution in [3.8, 4) is 0 Å². The van der Waals surface area contributed by atoms with Crippen molar-refractivity contribution >= 4 is 17.9 Å². The third-order valence-corrected chi connectivity index (χ3v) is 6.67. The minimum absolute atomic E-state index is 0.0284. The van der Waals surface area contributed by atoms with Crippen LogP contribution in [0.5, 0.6) is 0 Å². The fraction of sp³-hybridized carbons (Fsp3) is 0.839. The van der Waals surface area contributed by atoms with E-state index in [0.29, 0.717) is 12.8 Å². The number of ether oxygens (including phenoxy) is 3. The lowest BCUT2D eigenvalue weighted by atomic mass is 10.1. The van der Waals surface area contributed by atoms with Crippen molar-refractivity contribution in [1.82, 2.24) is 0 Å². The average molecular weight is 556 g/mol. The third kappa shape index (κ3) is 22.6. The highest BCUT2D eigenvalue weighted by molar-refractivity contribution is 5.70. The van der Waals surface area contributed by atoms with Gasteiger partial charge in [-0.1, -0.05) is 83.8 Å². The summed E-state index contributed by atoms with van der Waals surface area (Å²) in [5, 5.41) is 11.5. The minimum atomic E-state index is -1.13. The molecule has 0 N–H and O–H groups in total. The zero-order chi connectivity index (χ0) is 29.4. The number of nitrogens with zero attached hydrogens (tertiary/aromatic N) is 1. The highest BCUT2D eigenvalue weighted by atomic mass is 16.6. The summed E-state index contributed by atoms with van der Waals surface area (Å²) < 4.78 is 16.8. The molecule has 228 valence electrons. The third-order valence-electron chi connectivity index (χ3n) is 6.67. The number of quaternary nitrogens is 1. The van der Waals surface area contributed by atoms with Crippen LogP contribution >= 0.6 is 0 Å². The highest BCUT2D eigenvalue weighted by Crippen LogP contribution is 2.11. The summed E-state index contributed by atoms with van der Waals surface area (Å²) in [7, 11) is 5.36. The molecule has 0 heterocycles. The molecular weight excluding hydrogens is 498 g/mol. The second-order valence-corrected chi connectivity index (χ2v) is 11.3. The number of carboxylic acids is 1. The topological polar surface area (TPSA) is 102 Å². The normalized spacial score (nSPS) is 13.4. The molecular formula is C31H57NO7. The van der Waals surface area contributed by atoms with Gasteiger partial charge in [-0.05, 0) is 25.7 Å². The van der Waals surface area contributed by atoms with E-state index in [1.165, 1.54) is 44.9 Å². The van der Waals surface area contributed by atoms with Crippen LogP contribution < -0.4 is 5.11 Å². The summed E-state index contributed by atoms with van der Waals surface area (Å²) in [6.07, 6.45) is 18.5. The van der Waals surface area contributed by atoms with Crippen LogP contribution in [0.25, 0.3) is 0 Å². The molecule has 0 saturated heterocycles. The fourth-order valence-electron chi connectivity index (χ4n) is 4.20. The van der Waals surface area contributed by atoms with E-state index < -0.39 is 18.1 Å². The number of aliphatic carboxylic acids is 1. The number of esters is 2. The Balaban J connectivity index is 4.59. The van der Waals surface area contributed by atoms with Gasteiger partial charge < -0.3 is 28.6 Å². The van der Waals surface area contributed by atoms with E-state index in [2.05, 4.69) is 19.9 Å². The molecule has 0 bridgehead atoms. The first-order chi connectivity index (χ1) is 18.6. The predicted octanol–water partition coefficient (Wildman–Crippen LogP) is 5.12. The van der Waals surface area contributed by atoms with Gasteiger partial charge in [0.2, 0.25) is 0 Å². The molecule has 2 atom stereocenters. The molecule has 0 aliphatic carbocycles. The summed E-state index contributed by atoms with van der Waals surface area (Å²) in [5.74, 6) is -1.81. The van der Waals surface area contributed by atoms with Crippen LogP contribution in [0.15, 0.2) is 12.2 Å². The quantitative estimate of drug-likeness (QED) is 0.0632. The lowest BCUT2D eigenvalue weighted by Gasteiger charge is -2.34. The van der Waals surface area contributed by atoms with Crippen LogP contribution in [-0.2, 0) is 28.6 Å². The van der Waals surface area contributed by atoms with Crippen molar-refractivity contribution in [1.29, 1.82) is 0 Å². The molecule has 8 heteroatoms. The van der Waals surface area contributed by atoms with Gasteiger partial charge in [-0.25, -0.2) is 0 Å². The summed E-state index contributed by atoms with van der Waals surface area (Å²) in [4.78, 5) is 36.1. The van der Waals surface area contributed by atoms with Gasteiger partial charge in [0.05, 0.1) is 40.3 Å². The van der Waals surface area contributed by atoms with Crippen molar-refractivity contribution in [2.24, 2.45) is 0 Å². The van der Waals surface area contributed by atoms with Gasteiger partial charge in [0.15, 0.2) is 6.10 Å². The van der Waals surface area contributed by atoms with Crippen molar-refractivity contribution in [2.45, 2.75) is 129 Å². The number of carboxylic acid groups (broad SMARTS) is 1. The number of carbonyl (C=O) groups is 3. The molecule has 0 fully saturated rings. The maximum absolute atomic E-state index is 12.4. The lowest BCUT2D eigenvalue weighted by molar-refractivity contribution is -0.889. The van der Waals surface area contributed by atoms with Crippen molar-refractivity contribution in [2.75, 3.05) is 41.0 Å². The van der Waals surface area contributed by atoms with Gasteiger partial charge in [-0.2, -0.15) is 0 Å². The Morgan fingerprint density at radius 3 is 1.95 bits per heavy atom. The maximum atomic E-state index is 12.4. The summed E-state index contributed by atoms with van der Waals surface area (Å²) in [5.41, 5.74) is 0. The zero-order valence-electron chi connectivity index (χ0n) is 25.5. The number of hydrogen-bond acceptors (Lipinski definition) is 7. The van der Waals surface area contributed by atoms with E-state index in [4.69, 9.17) is 14.2 Å². The van der Waals surface area contributed by atoms with E-state index in [1.807, 2.05) is 6.08 Å². The predicted molar refractivity (Wildman–Crippen MR) is 153 cm³/mol. The first-order valence-corrected chi connectivity index (χ1v) is 15.2. The number of unbranched alkanes of at least 4 members (excludes halogenated alkanes) is 10. The molecule has 0 aromatic carbocycles. The highest BCUT2D eigenvalue weighted by Gasteiger charge is 2.25. The summed E-state index contributed by atoms with van der Waals surface area (Å²) >= 11 is 0. The Hall–Kier alpha value is -1.93. The summed E-state index contributed by atoms with van der Waals surface area (Å²) in [6, 6.07) is -0.723. The number of allylic oxidation sites excluding steroid dienone is 2. The molecule has 0 rings (SSSR count). The van der Waals surface area contributed by atoms with Crippen LogP contribution in [0, 0.1) is 0 Å². The van der Waals surface area contributed by atoms with Crippen LogP contribution in [0.1, 0.15) is 117 Å². The van der Waals surface area contributed by atoms with E-state index >= 15 is 0 Å². The van der Waals surface area contributed by atoms with E-state index in [1.54, 1.807) is 21.1 Å². The Bertz CT molecular complexity index is 672. The van der Waals surface area contributed by atoms with Gasteiger partial charge in [0, 0.05) is 19.3 Å². The van der Waals surface area contributed by atoms with Crippen LogP contribution in [0.3, 0.4) is 0 Å². The molecule has 0 saturated carbocycles. The van der Waals surface area contributed by atoms with Crippen LogP contribution in [-0.4, -0.2) is 75.5 Å². The number of likely N-dealkylation sites (N-methyl/N-ethyl adjacent to an activating group) is 1. The van der Waals surface area contributed by atoms with Gasteiger partial charge >= 0.3 is 11.9 Å². The first-order valence-electron chi connectivity index (χ1n) is 15.2. The first kappa shape index (κ1) is 37.1. The Labute approximate surface area is 238 Å². The van der Waals surface area contributed by atoms with Gasteiger partial charge in [-0.15, -0.1) is 0 Å². The smallest absolute Gasteiger partial charge is 0.306 e. The second-order valence-electron chi connectivity index (χ2n) is 11.3. The summed E-state index contributed by atoms with van der Waals surface area (Å²) in [6.45, 7) is 4.49. The fourth-order valence-corrected chi connectivity index (χ4v) is 4.20. The molecule has 0 aliphatic heterocycles. The number of rotatable bonds is 26. The molecule has 0 radical (unpaired) electrons. The van der Waals surface area contributed by atoms with E-state index in [0.717, 1.165) is 32.1 Å². The molecule has 8 nitrogen and oxygen atoms in total. The molecule has 0 spiro atoms.